The summed E-state index contributed by atoms with van der Waals surface area (Å²) in [7, 11) is 0. The lowest BCUT2D eigenvalue weighted by atomic mass is 10.1. The van der Waals surface area contributed by atoms with Gasteiger partial charge in [-0.25, -0.2) is 4.98 Å². The number of aryl methyl sites for hydroxylation is 1. The molecule has 2 nitrogen and oxygen atoms in total. The van der Waals surface area contributed by atoms with Gasteiger partial charge in [0.1, 0.15) is 10.8 Å². The Bertz CT molecular complexity index is 554. The van der Waals surface area contributed by atoms with Crippen LogP contribution in [0.2, 0.25) is 0 Å². The first-order chi connectivity index (χ1) is 9.04. The van der Waals surface area contributed by atoms with E-state index in [0.717, 1.165) is 16.3 Å². The Morgan fingerprint density at radius 3 is 2.58 bits per heavy atom. The van der Waals surface area contributed by atoms with E-state index >= 15 is 0 Å². The zero-order valence-corrected chi connectivity index (χ0v) is 12.5. The second-order valence-electron chi connectivity index (χ2n) is 5.31. The maximum absolute atomic E-state index is 11.8. The van der Waals surface area contributed by atoms with Crippen molar-refractivity contribution in [2.75, 3.05) is 0 Å². The van der Waals surface area contributed by atoms with Crippen LogP contribution in [0.25, 0.3) is 11.3 Å². The van der Waals surface area contributed by atoms with Crippen molar-refractivity contribution in [3.8, 4) is 11.3 Å². The molecule has 1 heterocycles. The summed E-state index contributed by atoms with van der Waals surface area (Å²) in [6.45, 7) is 6.20. The molecule has 2 rings (SSSR count). The highest BCUT2D eigenvalue weighted by molar-refractivity contribution is 7.10. The summed E-state index contributed by atoms with van der Waals surface area (Å²) in [5.41, 5.74) is 3.33. The number of thiazole rings is 1. The Balaban J connectivity index is 2.07. The maximum Gasteiger partial charge on any atom is 0.139 e. The number of carbonyl (C=O) groups is 1. The highest BCUT2D eigenvalue weighted by atomic mass is 32.1. The number of Topliss-reactive ketones (excluding diaryl/α,β-unsaturated/α-hetero) is 1. The number of rotatable bonds is 5. The van der Waals surface area contributed by atoms with Crippen molar-refractivity contribution in [1.82, 2.24) is 4.98 Å². The third-order valence-corrected chi connectivity index (χ3v) is 3.73. The van der Waals surface area contributed by atoms with E-state index in [4.69, 9.17) is 0 Å². The second kappa shape index (κ2) is 6.11. The smallest absolute Gasteiger partial charge is 0.139 e. The molecule has 3 heteroatoms. The topological polar surface area (TPSA) is 30.0 Å². The van der Waals surface area contributed by atoms with Gasteiger partial charge in [0.05, 0.1) is 12.1 Å². The zero-order valence-electron chi connectivity index (χ0n) is 11.6. The van der Waals surface area contributed by atoms with E-state index in [0.29, 0.717) is 18.8 Å². The standard InChI is InChI=1S/C16H19NOS/c1-11(2)8-14(18)9-16-17-15(10-19-16)13-6-4-12(3)5-7-13/h4-7,10-11H,8-9H2,1-3H3. The van der Waals surface area contributed by atoms with E-state index in [1.807, 2.05) is 5.38 Å². The molecule has 0 aliphatic heterocycles. The van der Waals surface area contributed by atoms with Gasteiger partial charge in [0.25, 0.3) is 0 Å². The molecule has 0 aliphatic rings. The van der Waals surface area contributed by atoms with Gasteiger partial charge in [0.15, 0.2) is 0 Å². The van der Waals surface area contributed by atoms with E-state index < -0.39 is 0 Å². The second-order valence-corrected chi connectivity index (χ2v) is 6.25. The monoisotopic (exact) mass is 273 g/mol. The summed E-state index contributed by atoms with van der Waals surface area (Å²) in [6.07, 6.45) is 1.11. The third-order valence-electron chi connectivity index (χ3n) is 2.88. The molecule has 0 bridgehead atoms. The van der Waals surface area contributed by atoms with Crippen LogP contribution in [-0.4, -0.2) is 10.8 Å². The predicted molar refractivity (Wildman–Crippen MR) is 80.5 cm³/mol. The van der Waals surface area contributed by atoms with E-state index in [9.17, 15) is 4.79 Å². The van der Waals surface area contributed by atoms with Crippen LogP contribution in [0, 0.1) is 12.8 Å². The Morgan fingerprint density at radius 1 is 1.26 bits per heavy atom. The molecule has 0 saturated heterocycles. The van der Waals surface area contributed by atoms with Crippen LogP contribution in [0.5, 0.6) is 0 Å². The molecule has 0 N–H and O–H groups in total. The van der Waals surface area contributed by atoms with Gasteiger partial charge >= 0.3 is 0 Å². The van der Waals surface area contributed by atoms with Crippen LogP contribution in [0.4, 0.5) is 0 Å². The van der Waals surface area contributed by atoms with Gasteiger partial charge in [-0.1, -0.05) is 43.7 Å². The van der Waals surface area contributed by atoms with E-state index in [1.54, 1.807) is 11.3 Å². The summed E-state index contributed by atoms with van der Waals surface area (Å²) in [4.78, 5) is 16.3. The van der Waals surface area contributed by atoms with Gasteiger partial charge in [0.2, 0.25) is 0 Å². The number of hydrogen-bond acceptors (Lipinski definition) is 3. The Labute approximate surface area is 118 Å². The Kier molecular flexibility index (Phi) is 4.48. The SMILES string of the molecule is Cc1ccc(-c2csc(CC(=O)CC(C)C)n2)cc1. The van der Waals surface area contributed by atoms with E-state index in [2.05, 4.69) is 50.0 Å². The normalized spacial score (nSPS) is 10.9. The van der Waals surface area contributed by atoms with Gasteiger partial charge in [-0.3, -0.25) is 4.79 Å². The molecule has 0 aliphatic carbocycles. The molecular weight excluding hydrogens is 254 g/mol. The lowest BCUT2D eigenvalue weighted by molar-refractivity contribution is -0.119. The molecule has 19 heavy (non-hydrogen) atoms. The van der Waals surface area contributed by atoms with Crippen molar-refractivity contribution in [3.05, 3.63) is 40.2 Å². The Hall–Kier alpha value is -1.48. The molecule has 2 aromatic rings. The number of hydrogen-bond donors (Lipinski definition) is 0. The quantitative estimate of drug-likeness (QED) is 0.814. The summed E-state index contributed by atoms with van der Waals surface area (Å²) in [5, 5.41) is 2.95. The molecule has 0 amide bonds. The molecule has 0 spiro atoms. The predicted octanol–water partition coefficient (Wildman–Crippen LogP) is 4.28. The minimum Gasteiger partial charge on any atom is -0.299 e. The van der Waals surface area contributed by atoms with Gasteiger partial charge in [-0.2, -0.15) is 0 Å². The first-order valence-corrected chi connectivity index (χ1v) is 7.45. The summed E-state index contributed by atoms with van der Waals surface area (Å²) in [6, 6.07) is 8.31. The number of carbonyl (C=O) groups excluding carboxylic acids is 1. The molecule has 1 aromatic carbocycles. The van der Waals surface area contributed by atoms with Crippen molar-refractivity contribution >= 4 is 17.1 Å². The van der Waals surface area contributed by atoms with Crippen LogP contribution in [-0.2, 0) is 11.2 Å². The number of benzene rings is 1. The fourth-order valence-corrected chi connectivity index (χ4v) is 2.78. The van der Waals surface area contributed by atoms with Crippen LogP contribution in [0.1, 0.15) is 30.8 Å². The highest BCUT2D eigenvalue weighted by Crippen LogP contribution is 2.23. The molecule has 0 unspecified atom stereocenters. The van der Waals surface area contributed by atoms with Crippen molar-refractivity contribution in [2.45, 2.75) is 33.6 Å². The molecular formula is C16H19NOS. The average Bonchev–Trinajstić information content (AvgIpc) is 2.77. The Morgan fingerprint density at radius 2 is 1.95 bits per heavy atom. The molecule has 0 fully saturated rings. The first kappa shape index (κ1) is 13.9. The van der Waals surface area contributed by atoms with Crippen LogP contribution in [0.3, 0.4) is 0 Å². The van der Waals surface area contributed by atoms with Crippen LogP contribution in [0.15, 0.2) is 29.6 Å². The summed E-state index contributed by atoms with van der Waals surface area (Å²) in [5.74, 6) is 0.698. The number of ketones is 1. The summed E-state index contributed by atoms with van der Waals surface area (Å²) >= 11 is 1.57. The first-order valence-electron chi connectivity index (χ1n) is 6.57. The number of nitrogens with zero attached hydrogens (tertiary/aromatic N) is 1. The molecule has 100 valence electrons. The van der Waals surface area contributed by atoms with Gasteiger partial charge < -0.3 is 0 Å². The van der Waals surface area contributed by atoms with Crippen molar-refractivity contribution in [1.29, 1.82) is 0 Å². The molecule has 1 aromatic heterocycles. The van der Waals surface area contributed by atoms with Crippen molar-refractivity contribution in [2.24, 2.45) is 5.92 Å². The average molecular weight is 273 g/mol. The van der Waals surface area contributed by atoms with Crippen molar-refractivity contribution in [3.63, 3.8) is 0 Å². The fourth-order valence-electron chi connectivity index (χ4n) is 1.95. The lowest BCUT2D eigenvalue weighted by Gasteiger charge is -2.01. The van der Waals surface area contributed by atoms with Crippen molar-refractivity contribution < 1.29 is 4.79 Å². The van der Waals surface area contributed by atoms with E-state index in [-0.39, 0.29) is 5.78 Å². The minimum atomic E-state index is 0.278. The fraction of sp³-hybridized carbons (Fsp3) is 0.375. The zero-order chi connectivity index (χ0) is 13.8. The van der Waals surface area contributed by atoms with Crippen LogP contribution < -0.4 is 0 Å². The lowest BCUT2D eigenvalue weighted by Crippen LogP contribution is -2.05. The van der Waals surface area contributed by atoms with Gasteiger partial charge in [-0.15, -0.1) is 11.3 Å². The highest BCUT2D eigenvalue weighted by Gasteiger charge is 2.10. The minimum absolute atomic E-state index is 0.278. The van der Waals surface area contributed by atoms with Gasteiger partial charge in [0, 0.05) is 17.4 Å². The largest absolute Gasteiger partial charge is 0.299 e. The molecule has 0 saturated carbocycles. The van der Waals surface area contributed by atoms with Gasteiger partial charge in [-0.05, 0) is 12.8 Å². The maximum atomic E-state index is 11.8. The third kappa shape index (κ3) is 4.00. The summed E-state index contributed by atoms with van der Waals surface area (Å²) < 4.78 is 0. The van der Waals surface area contributed by atoms with E-state index in [1.165, 1.54) is 5.56 Å². The van der Waals surface area contributed by atoms with Crippen LogP contribution >= 0.6 is 11.3 Å². The molecule has 0 atom stereocenters. The number of aromatic nitrogens is 1. The molecule has 0 radical (unpaired) electrons.